The largest absolute Gasteiger partial charge is 0.330 e. The van der Waals surface area contributed by atoms with Crippen LogP contribution in [-0.4, -0.2) is 15.7 Å². The minimum Gasteiger partial charge on any atom is -0.310 e. The van der Waals surface area contributed by atoms with E-state index < -0.39 is 0 Å². The van der Waals surface area contributed by atoms with E-state index in [1.807, 2.05) is 13.0 Å². The van der Waals surface area contributed by atoms with Crippen molar-refractivity contribution in [2.24, 2.45) is 7.05 Å². The molecule has 1 atom stereocenters. The summed E-state index contributed by atoms with van der Waals surface area (Å²) >= 11 is 0. The van der Waals surface area contributed by atoms with Crippen molar-refractivity contribution in [2.45, 2.75) is 52.1 Å². The van der Waals surface area contributed by atoms with Crippen LogP contribution in [0.4, 0.5) is 0 Å². The van der Waals surface area contributed by atoms with Crippen LogP contribution in [0.25, 0.3) is 0 Å². The van der Waals surface area contributed by atoms with Crippen LogP contribution in [0.2, 0.25) is 0 Å². The summed E-state index contributed by atoms with van der Waals surface area (Å²) in [7, 11) is 1.53. The molecular formula is C20H29N3O2. The Bertz CT molecular complexity index is 778. The summed E-state index contributed by atoms with van der Waals surface area (Å²) in [6.45, 7) is 5.67. The van der Waals surface area contributed by atoms with Crippen molar-refractivity contribution < 1.29 is 0 Å². The van der Waals surface area contributed by atoms with E-state index in [2.05, 4.69) is 36.5 Å². The normalized spacial score (nSPS) is 12.3. The van der Waals surface area contributed by atoms with Gasteiger partial charge in [-0.2, -0.15) is 0 Å². The Hall–Kier alpha value is -2.14. The van der Waals surface area contributed by atoms with E-state index in [1.165, 1.54) is 23.2 Å². The average Bonchev–Trinajstić information content (AvgIpc) is 2.62. The summed E-state index contributed by atoms with van der Waals surface area (Å²) in [5.74, 6) is 0. The van der Waals surface area contributed by atoms with Crippen LogP contribution in [-0.2, 0) is 13.6 Å². The van der Waals surface area contributed by atoms with Gasteiger partial charge in [-0.1, -0.05) is 43.2 Å². The van der Waals surface area contributed by atoms with Crippen LogP contribution in [0, 0.1) is 6.92 Å². The molecule has 1 unspecified atom stereocenters. The lowest BCUT2D eigenvalue weighted by molar-refractivity contribution is 0.502. The zero-order chi connectivity index (χ0) is 18.2. The standard InChI is InChI=1S/C20H29N3O2/c1-16-15-19(24)22(3)20(25)23(16)14-10-5-4-9-13-21-17(2)18-11-7-6-8-12-18/h6-8,11-12,15,17,21H,4-5,9-10,13-14H2,1-3H3. The number of nitrogens with one attached hydrogen (secondary N) is 1. The zero-order valence-corrected chi connectivity index (χ0v) is 15.5. The van der Waals surface area contributed by atoms with Gasteiger partial charge in [-0.15, -0.1) is 0 Å². The quantitative estimate of drug-likeness (QED) is 0.712. The summed E-state index contributed by atoms with van der Waals surface area (Å²) in [5, 5.41) is 3.55. The van der Waals surface area contributed by atoms with Crippen molar-refractivity contribution in [3.8, 4) is 0 Å². The second kappa shape index (κ2) is 9.37. The molecule has 0 saturated heterocycles. The molecule has 0 aliphatic heterocycles. The van der Waals surface area contributed by atoms with Crippen molar-refractivity contribution in [3.05, 3.63) is 68.5 Å². The molecule has 1 N–H and O–H groups in total. The Labute approximate surface area is 149 Å². The molecule has 0 spiro atoms. The van der Waals surface area contributed by atoms with Crippen molar-refractivity contribution in [2.75, 3.05) is 6.54 Å². The number of aryl methyl sites for hydroxylation is 1. The highest BCUT2D eigenvalue weighted by molar-refractivity contribution is 5.17. The summed E-state index contributed by atoms with van der Waals surface area (Å²) in [6, 6.07) is 12.3. The highest BCUT2D eigenvalue weighted by atomic mass is 16.2. The molecule has 5 nitrogen and oxygen atoms in total. The van der Waals surface area contributed by atoms with Crippen LogP contribution < -0.4 is 16.6 Å². The number of hydrogen-bond donors (Lipinski definition) is 1. The van der Waals surface area contributed by atoms with E-state index in [1.54, 1.807) is 4.57 Å². The molecule has 0 amide bonds. The van der Waals surface area contributed by atoms with E-state index in [0.29, 0.717) is 12.6 Å². The van der Waals surface area contributed by atoms with Crippen LogP contribution in [0.1, 0.15) is 49.9 Å². The summed E-state index contributed by atoms with van der Waals surface area (Å²) in [5.41, 5.74) is 1.60. The van der Waals surface area contributed by atoms with Crippen molar-refractivity contribution >= 4 is 0 Å². The third kappa shape index (κ3) is 5.43. The molecule has 0 radical (unpaired) electrons. The smallest absolute Gasteiger partial charge is 0.310 e. The maximum Gasteiger partial charge on any atom is 0.330 e. The van der Waals surface area contributed by atoms with Crippen molar-refractivity contribution in [1.29, 1.82) is 0 Å². The van der Waals surface area contributed by atoms with E-state index in [9.17, 15) is 9.59 Å². The molecule has 0 saturated carbocycles. The fourth-order valence-corrected chi connectivity index (χ4v) is 2.98. The Kier molecular flexibility index (Phi) is 7.19. The molecule has 0 aliphatic carbocycles. The first-order valence-electron chi connectivity index (χ1n) is 9.06. The number of hydrogen-bond acceptors (Lipinski definition) is 3. The minimum absolute atomic E-state index is 0.219. The monoisotopic (exact) mass is 343 g/mol. The molecule has 1 aromatic carbocycles. The van der Waals surface area contributed by atoms with Gasteiger partial charge in [-0.25, -0.2) is 4.79 Å². The average molecular weight is 343 g/mol. The van der Waals surface area contributed by atoms with Gasteiger partial charge < -0.3 is 5.32 Å². The van der Waals surface area contributed by atoms with Gasteiger partial charge in [0.05, 0.1) is 0 Å². The van der Waals surface area contributed by atoms with E-state index in [-0.39, 0.29) is 11.2 Å². The van der Waals surface area contributed by atoms with E-state index >= 15 is 0 Å². The van der Waals surface area contributed by atoms with Crippen LogP contribution in [0.3, 0.4) is 0 Å². The topological polar surface area (TPSA) is 56.0 Å². The van der Waals surface area contributed by atoms with Crippen molar-refractivity contribution in [3.63, 3.8) is 0 Å². The van der Waals surface area contributed by atoms with Gasteiger partial charge in [-0.05, 0) is 38.8 Å². The molecule has 0 fully saturated rings. The first kappa shape index (κ1) is 19.2. The third-order valence-electron chi connectivity index (χ3n) is 4.67. The third-order valence-corrected chi connectivity index (χ3v) is 4.67. The number of benzene rings is 1. The van der Waals surface area contributed by atoms with Gasteiger partial charge >= 0.3 is 5.69 Å². The van der Waals surface area contributed by atoms with E-state index in [4.69, 9.17) is 0 Å². The Morgan fingerprint density at radius 2 is 1.72 bits per heavy atom. The van der Waals surface area contributed by atoms with E-state index in [0.717, 1.165) is 37.9 Å². The Morgan fingerprint density at radius 1 is 1.04 bits per heavy atom. The first-order chi connectivity index (χ1) is 12.0. The molecule has 2 rings (SSSR count). The second-order valence-electron chi connectivity index (χ2n) is 6.62. The lowest BCUT2D eigenvalue weighted by Crippen LogP contribution is -2.38. The molecule has 25 heavy (non-hydrogen) atoms. The SMILES string of the molecule is Cc1cc(=O)n(C)c(=O)n1CCCCCCNC(C)c1ccccc1. The molecule has 0 aliphatic rings. The summed E-state index contributed by atoms with van der Waals surface area (Å²) in [6.07, 6.45) is 4.29. The molecule has 136 valence electrons. The van der Waals surface area contributed by atoms with Gasteiger partial charge in [0.25, 0.3) is 5.56 Å². The van der Waals surface area contributed by atoms with Gasteiger partial charge in [0.15, 0.2) is 0 Å². The molecule has 1 heterocycles. The summed E-state index contributed by atoms with van der Waals surface area (Å²) < 4.78 is 2.86. The fraction of sp³-hybridized carbons (Fsp3) is 0.500. The lowest BCUT2D eigenvalue weighted by atomic mass is 10.1. The number of nitrogens with zero attached hydrogens (tertiary/aromatic N) is 2. The molecule has 0 bridgehead atoms. The Morgan fingerprint density at radius 3 is 2.44 bits per heavy atom. The highest BCUT2D eigenvalue weighted by Gasteiger charge is 2.06. The number of unbranched alkanes of at least 4 members (excludes halogenated alkanes) is 3. The molecular weight excluding hydrogens is 314 g/mol. The predicted octanol–water partition coefficient (Wildman–Crippen LogP) is 2.77. The highest BCUT2D eigenvalue weighted by Crippen LogP contribution is 2.11. The number of rotatable bonds is 9. The second-order valence-corrected chi connectivity index (χ2v) is 6.62. The van der Waals surface area contributed by atoms with Gasteiger partial charge in [0, 0.05) is 31.4 Å². The maximum absolute atomic E-state index is 12.1. The Balaban J connectivity index is 1.67. The molecule has 1 aromatic heterocycles. The fourth-order valence-electron chi connectivity index (χ4n) is 2.98. The van der Waals surface area contributed by atoms with Crippen LogP contribution in [0.5, 0.6) is 0 Å². The van der Waals surface area contributed by atoms with Gasteiger partial charge in [0.1, 0.15) is 0 Å². The minimum atomic E-state index is -0.239. The first-order valence-corrected chi connectivity index (χ1v) is 9.06. The van der Waals surface area contributed by atoms with Gasteiger partial charge in [-0.3, -0.25) is 13.9 Å². The van der Waals surface area contributed by atoms with Crippen molar-refractivity contribution in [1.82, 2.24) is 14.5 Å². The van der Waals surface area contributed by atoms with Gasteiger partial charge in [0.2, 0.25) is 0 Å². The number of aromatic nitrogens is 2. The van der Waals surface area contributed by atoms with Crippen LogP contribution in [0.15, 0.2) is 46.0 Å². The molecule has 5 heteroatoms. The summed E-state index contributed by atoms with van der Waals surface area (Å²) in [4.78, 5) is 23.7. The predicted molar refractivity (Wildman–Crippen MR) is 102 cm³/mol. The maximum atomic E-state index is 12.1. The molecule has 2 aromatic rings. The van der Waals surface area contributed by atoms with Crippen LogP contribution >= 0.6 is 0 Å². The zero-order valence-electron chi connectivity index (χ0n) is 15.5. The lowest BCUT2D eigenvalue weighted by Gasteiger charge is -2.14.